The van der Waals surface area contributed by atoms with Gasteiger partial charge in [-0.2, -0.15) is 0 Å². The second kappa shape index (κ2) is 6.50. The van der Waals surface area contributed by atoms with Gasteiger partial charge in [0.1, 0.15) is 12.1 Å². The molecule has 0 atom stereocenters. The average Bonchev–Trinajstić information content (AvgIpc) is 2.45. The fourth-order valence-electron chi connectivity index (χ4n) is 2.53. The molecule has 1 heterocycles. The van der Waals surface area contributed by atoms with Gasteiger partial charge in [0.2, 0.25) is 5.91 Å². The van der Waals surface area contributed by atoms with E-state index in [0.29, 0.717) is 24.3 Å². The van der Waals surface area contributed by atoms with E-state index in [4.69, 9.17) is 0 Å². The molecule has 108 valence electrons. The Labute approximate surface area is 118 Å². The van der Waals surface area contributed by atoms with Gasteiger partial charge in [-0.05, 0) is 37.0 Å². The highest BCUT2D eigenvalue weighted by Gasteiger charge is 2.20. The number of rotatable bonds is 4. The summed E-state index contributed by atoms with van der Waals surface area (Å²) in [4.78, 5) is 23.7. The van der Waals surface area contributed by atoms with E-state index < -0.39 is 0 Å². The van der Waals surface area contributed by atoms with Gasteiger partial charge in [0, 0.05) is 37.8 Å². The zero-order valence-electron chi connectivity index (χ0n) is 11.6. The number of piperidine rings is 1. The smallest absolute Gasteiger partial charge is 0.216 e. The lowest BCUT2D eigenvalue weighted by atomic mass is 9.96. The van der Waals surface area contributed by atoms with Gasteiger partial charge in [0.15, 0.2) is 0 Å². The van der Waals surface area contributed by atoms with E-state index in [9.17, 15) is 14.0 Å². The van der Waals surface area contributed by atoms with Gasteiger partial charge < -0.3 is 10.2 Å². The second-order valence-corrected chi connectivity index (χ2v) is 5.23. The maximum Gasteiger partial charge on any atom is 0.216 e. The minimum atomic E-state index is -0.384. The number of carbonyl (C=O) groups excluding carboxylic acids is 2. The zero-order chi connectivity index (χ0) is 14.5. The number of nitrogens with one attached hydrogen (secondary N) is 1. The van der Waals surface area contributed by atoms with Gasteiger partial charge >= 0.3 is 0 Å². The number of amides is 1. The summed E-state index contributed by atoms with van der Waals surface area (Å²) in [7, 11) is 0. The van der Waals surface area contributed by atoms with Crippen LogP contribution in [0.5, 0.6) is 0 Å². The molecular formula is C15H19FN2O2. The molecule has 1 aliphatic rings. The summed E-state index contributed by atoms with van der Waals surface area (Å²) < 4.78 is 13.4. The van der Waals surface area contributed by atoms with Gasteiger partial charge in [-0.1, -0.05) is 0 Å². The van der Waals surface area contributed by atoms with Crippen LogP contribution in [0.4, 0.5) is 10.1 Å². The number of hydrogen-bond donors (Lipinski definition) is 1. The maximum absolute atomic E-state index is 13.4. The summed E-state index contributed by atoms with van der Waals surface area (Å²) in [5.74, 6) is 0.0763. The molecule has 1 fully saturated rings. The summed E-state index contributed by atoms with van der Waals surface area (Å²) in [6.45, 7) is 3.84. The third-order valence-electron chi connectivity index (χ3n) is 3.66. The molecule has 0 saturated carbocycles. The highest BCUT2D eigenvalue weighted by molar-refractivity contribution is 5.77. The Balaban J connectivity index is 1.95. The maximum atomic E-state index is 13.4. The summed E-state index contributed by atoms with van der Waals surface area (Å²) in [5, 5.41) is 2.83. The van der Waals surface area contributed by atoms with E-state index in [2.05, 4.69) is 10.2 Å². The minimum Gasteiger partial charge on any atom is -0.371 e. The predicted molar refractivity (Wildman–Crippen MR) is 75.4 cm³/mol. The van der Waals surface area contributed by atoms with Crippen LogP contribution in [0.15, 0.2) is 18.2 Å². The van der Waals surface area contributed by atoms with Crippen molar-refractivity contribution in [1.82, 2.24) is 5.32 Å². The summed E-state index contributed by atoms with van der Waals surface area (Å²) in [5.41, 5.74) is 1.12. The predicted octanol–water partition coefficient (Wildman–Crippen LogP) is 1.99. The first-order chi connectivity index (χ1) is 9.58. The highest BCUT2D eigenvalue weighted by Crippen LogP contribution is 2.24. The number of anilines is 1. The van der Waals surface area contributed by atoms with E-state index in [1.807, 2.05) is 0 Å². The molecule has 2 rings (SSSR count). The zero-order valence-corrected chi connectivity index (χ0v) is 11.6. The largest absolute Gasteiger partial charge is 0.371 e. The Bertz CT molecular complexity index is 497. The van der Waals surface area contributed by atoms with Gasteiger partial charge in [0.25, 0.3) is 0 Å². The van der Waals surface area contributed by atoms with Crippen molar-refractivity contribution in [3.8, 4) is 0 Å². The van der Waals surface area contributed by atoms with Crippen molar-refractivity contribution in [1.29, 1.82) is 0 Å². The van der Waals surface area contributed by atoms with Gasteiger partial charge in [-0.15, -0.1) is 0 Å². The lowest BCUT2D eigenvalue weighted by Gasteiger charge is -2.33. The molecule has 0 unspecified atom stereocenters. The molecule has 1 aliphatic heterocycles. The molecule has 1 saturated heterocycles. The van der Waals surface area contributed by atoms with Crippen LogP contribution in [-0.4, -0.2) is 31.8 Å². The molecule has 20 heavy (non-hydrogen) atoms. The van der Waals surface area contributed by atoms with Crippen LogP contribution >= 0.6 is 0 Å². The molecule has 0 aliphatic carbocycles. The van der Waals surface area contributed by atoms with Crippen LogP contribution in [0.1, 0.15) is 30.1 Å². The monoisotopic (exact) mass is 278 g/mol. The molecule has 1 aromatic carbocycles. The Hall–Kier alpha value is -1.91. The summed E-state index contributed by atoms with van der Waals surface area (Å²) >= 11 is 0. The van der Waals surface area contributed by atoms with Crippen LogP contribution in [0, 0.1) is 11.7 Å². The third kappa shape index (κ3) is 3.79. The van der Waals surface area contributed by atoms with Gasteiger partial charge in [0.05, 0.1) is 0 Å². The topological polar surface area (TPSA) is 49.4 Å². The van der Waals surface area contributed by atoms with Crippen LogP contribution in [0.2, 0.25) is 0 Å². The van der Waals surface area contributed by atoms with E-state index in [1.54, 1.807) is 6.07 Å². The highest BCUT2D eigenvalue weighted by atomic mass is 19.1. The standard InChI is InChI=1S/C15H19FN2O2/c1-11(20)17-9-12-2-4-18(5-3-12)15-7-13(10-19)6-14(16)8-15/h6-8,10,12H,2-5,9H2,1H3,(H,17,20). The lowest BCUT2D eigenvalue weighted by molar-refractivity contribution is -0.119. The van der Waals surface area contributed by atoms with Crippen LogP contribution < -0.4 is 10.2 Å². The van der Waals surface area contributed by atoms with Crippen molar-refractivity contribution < 1.29 is 14.0 Å². The fourth-order valence-corrected chi connectivity index (χ4v) is 2.53. The Morgan fingerprint density at radius 3 is 2.70 bits per heavy atom. The quantitative estimate of drug-likeness (QED) is 0.857. The molecule has 1 amide bonds. The molecule has 0 spiro atoms. The fraction of sp³-hybridized carbons (Fsp3) is 0.467. The Morgan fingerprint density at radius 1 is 1.40 bits per heavy atom. The molecule has 1 N–H and O–H groups in total. The average molecular weight is 278 g/mol. The third-order valence-corrected chi connectivity index (χ3v) is 3.66. The van der Waals surface area contributed by atoms with Crippen molar-refractivity contribution in [2.24, 2.45) is 5.92 Å². The van der Waals surface area contributed by atoms with Crippen LogP contribution in [0.25, 0.3) is 0 Å². The van der Waals surface area contributed by atoms with Gasteiger partial charge in [-0.25, -0.2) is 4.39 Å². The van der Waals surface area contributed by atoms with E-state index in [1.165, 1.54) is 19.1 Å². The molecular weight excluding hydrogens is 259 g/mol. The number of nitrogens with zero attached hydrogens (tertiary/aromatic N) is 1. The van der Waals surface area contributed by atoms with E-state index in [0.717, 1.165) is 31.6 Å². The van der Waals surface area contributed by atoms with Crippen molar-refractivity contribution in [2.75, 3.05) is 24.5 Å². The first kappa shape index (κ1) is 14.5. The number of hydrogen-bond acceptors (Lipinski definition) is 3. The summed E-state index contributed by atoms with van der Waals surface area (Å²) in [6, 6.07) is 4.41. The lowest BCUT2D eigenvalue weighted by Crippen LogP contribution is -2.38. The van der Waals surface area contributed by atoms with Gasteiger partial charge in [-0.3, -0.25) is 9.59 Å². The van der Waals surface area contributed by atoms with Crippen LogP contribution in [0.3, 0.4) is 0 Å². The molecule has 5 heteroatoms. The molecule has 1 aromatic rings. The SMILES string of the molecule is CC(=O)NCC1CCN(c2cc(F)cc(C=O)c2)CC1. The Kier molecular flexibility index (Phi) is 4.71. The van der Waals surface area contributed by atoms with E-state index >= 15 is 0 Å². The normalized spacial score (nSPS) is 16.0. The van der Waals surface area contributed by atoms with Crippen LogP contribution in [-0.2, 0) is 4.79 Å². The van der Waals surface area contributed by atoms with Crippen molar-refractivity contribution >= 4 is 17.9 Å². The number of carbonyl (C=O) groups is 2. The number of aldehydes is 1. The molecule has 0 bridgehead atoms. The molecule has 0 radical (unpaired) electrons. The first-order valence-corrected chi connectivity index (χ1v) is 6.83. The second-order valence-electron chi connectivity index (χ2n) is 5.23. The molecule has 0 aromatic heterocycles. The number of benzene rings is 1. The van der Waals surface area contributed by atoms with Crippen molar-refractivity contribution in [3.63, 3.8) is 0 Å². The minimum absolute atomic E-state index is 0.00631. The molecule has 4 nitrogen and oxygen atoms in total. The van der Waals surface area contributed by atoms with Crippen molar-refractivity contribution in [3.05, 3.63) is 29.6 Å². The Morgan fingerprint density at radius 2 is 2.10 bits per heavy atom. The van der Waals surface area contributed by atoms with Crippen molar-refractivity contribution in [2.45, 2.75) is 19.8 Å². The number of halogens is 1. The van der Waals surface area contributed by atoms with E-state index in [-0.39, 0.29) is 11.7 Å². The summed E-state index contributed by atoms with van der Waals surface area (Å²) in [6.07, 6.45) is 2.57. The first-order valence-electron chi connectivity index (χ1n) is 6.83.